The normalized spacial score (nSPS) is 10.5. The number of anilines is 2. The highest BCUT2D eigenvalue weighted by Crippen LogP contribution is 2.20. The van der Waals surface area contributed by atoms with Gasteiger partial charge in [0.2, 0.25) is 0 Å². The highest BCUT2D eigenvalue weighted by Gasteiger charge is 2.12. The van der Waals surface area contributed by atoms with E-state index in [1.807, 2.05) is 48.5 Å². The second-order valence-electron chi connectivity index (χ2n) is 6.18. The van der Waals surface area contributed by atoms with Crippen LogP contribution in [0.4, 0.5) is 11.4 Å². The Morgan fingerprint density at radius 3 is 2.32 bits per heavy atom. The monoisotopic (exact) mass is 442 g/mol. The van der Waals surface area contributed by atoms with Gasteiger partial charge in [-0.1, -0.05) is 15.9 Å². The predicted molar refractivity (Wildman–Crippen MR) is 115 cm³/mol. The lowest BCUT2D eigenvalue weighted by Gasteiger charge is -2.21. The molecule has 0 saturated heterocycles. The number of hydrogen-bond acceptors (Lipinski definition) is 4. The molecule has 146 valence electrons. The fourth-order valence-corrected chi connectivity index (χ4v) is 3.06. The van der Waals surface area contributed by atoms with Gasteiger partial charge in [-0.15, -0.1) is 0 Å². The third kappa shape index (κ3) is 5.16. The number of amides is 1. The van der Waals surface area contributed by atoms with E-state index in [2.05, 4.69) is 40.0 Å². The van der Waals surface area contributed by atoms with Crippen LogP contribution in [0.5, 0.6) is 5.75 Å². The molecule has 0 fully saturated rings. The van der Waals surface area contributed by atoms with E-state index in [-0.39, 0.29) is 18.3 Å². The van der Waals surface area contributed by atoms with Gasteiger partial charge < -0.3 is 19.4 Å². The van der Waals surface area contributed by atoms with Crippen LogP contribution in [-0.2, 0) is 6.61 Å². The molecule has 0 atom stereocenters. The van der Waals surface area contributed by atoms with Crippen LogP contribution in [0.1, 0.15) is 30.2 Å². The maximum absolute atomic E-state index is 12.4. The van der Waals surface area contributed by atoms with Crippen molar-refractivity contribution in [3.05, 3.63) is 76.7 Å². The number of benzene rings is 2. The second kappa shape index (κ2) is 9.46. The molecule has 0 saturated carbocycles. The van der Waals surface area contributed by atoms with Crippen molar-refractivity contribution < 1.29 is 13.9 Å². The topological polar surface area (TPSA) is 54.7 Å². The Balaban J connectivity index is 1.57. The van der Waals surface area contributed by atoms with E-state index in [1.165, 1.54) is 0 Å². The van der Waals surface area contributed by atoms with Gasteiger partial charge in [0.05, 0.1) is 0 Å². The van der Waals surface area contributed by atoms with Crippen molar-refractivity contribution in [1.29, 1.82) is 0 Å². The van der Waals surface area contributed by atoms with Crippen LogP contribution in [0.25, 0.3) is 0 Å². The summed E-state index contributed by atoms with van der Waals surface area (Å²) in [6, 6.07) is 18.7. The first-order valence-corrected chi connectivity index (χ1v) is 10.0. The molecule has 0 aliphatic rings. The lowest BCUT2D eigenvalue weighted by atomic mass is 10.2. The highest BCUT2D eigenvalue weighted by atomic mass is 79.9. The minimum Gasteiger partial charge on any atom is -0.486 e. The molecule has 0 bridgehead atoms. The second-order valence-corrected chi connectivity index (χ2v) is 7.10. The smallest absolute Gasteiger partial charge is 0.291 e. The van der Waals surface area contributed by atoms with Crippen molar-refractivity contribution >= 4 is 33.2 Å². The predicted octanol–water partition coefficient (Wildman–Crippen LogP) is 5.72. The van der Waals surface area contributed by atoms with Gasteiger partial charge in [-0.25, -0.2) is 0 Å². The van der Waals surface area contributed by atoms with Crippen molar-refractivity contribution in [1.82, 2.24) is 0 Å². The SMILES string of the molecule is CCN(CC)c1ccc(NC(=O)c2ccc(COc3ccc(Br)cc3)o2)cc1. The molecule has 1 N–H and O–H groups in total. The Kier molecular flexibility index (Phi) is 6.76. The first-order chi connectivity index (χ1) is 13.6. The van der Waals surface area contributed by atoms with Gasteiger partial charge in [-0.2, -0.15) is 0 Å². The van der Waals surface area contributed by atoms with Gasteiger partial charge in [0, 0.05) is 28.9 Å². The van der Waals surface area contributed by atoms with Gasteiger partial charge in [0.1, 0.15) is 18.1 Å². The lowest BCUT2D eigenvalue weighted by Crippen LogP contribution is -2.21. The number of carbonyl (C=O) groups is 1. The summed E-state index contributed by atoms with van der Waals surface area (Å²) in [5, 5.41) is 2.86. The minimum absolute atomic E-state index is 0.252. The number of carbonyl (C=O) groups excluding carboxylic acids is 1. The van der Waals surface area contributed by atoms with Crippen LogP contribution in [0.2, 0.25) is 0 Å². The van der Waals surface area contributed by atoms with E-state index in [4.69, 9.17) is 9.15 Å². The van der Waals surface area contributed by atoms with Gasteiger partial charge in [-0.3, -0.25) is 4.79 Å². The first kappa shape index (κ1) is 20.0. The molecule has 6 heteroatoms. The Labute approximate surface area is 173 Å². The molecule has 0 spiro atoms. The Bertz CT molecular complexity index is 900. The number of nitrogens with one attached hydrogen (secondary N) is 1. The number of rotatable bonds is 8. The van der Waals surface area contributed by atoms with E-state index >= 15 is 0 Å². The molecule has 28 heavy (non-hydrogen) atoms. The zero-order valence-corrected chi connectivity index (χ0v) is 17.5. The Morgan fingerprint density at radius 2 is 1.68 bits per heavy atom. The zero-order valence-electron chi connectivity index (χ0n) is 15.9. The zero-order chi connectivity index (χ0) is 19.9. The largest absolute Gasteiger partial charge is 0.486 e. The Hall–Kier alpha value is -2.73. The van der Waals surface area contributed by atoms with Crippen molar-refractivity contribution in [2.75, 3.05) is 23.3 Å². The summed E-state index contributed by atoms with van der Waals surface area (Å²) in [7, 11) is 0. The fraction of sp³-hybridized carbons (Fsp3) is 0.227. The van der Waals surface area contributed by atoms with Crippen molar-refractivity contribution in [2.45, 2.75) is 20.5 Å². The molecule has 0 aliphatic carbocycles. The number of hydrogen-bond donors (Lipinski definition) is 1. The minimum atomic E-state index is -0.287. The summed E-state index contributed by atoms with van der Waals surface area (Å²) >= 11 is 3.39. The third-order valence-corrected chi connectivity index (χ3v) is 4.86. The summed E-state index contributed by atoms with van der Waals surface area (Å²) in [4.78, 5) is 14.7. The molecule has 0 unspecified atom stereocenters. The van der Waals surface area contributed by atoms with Crippen LogP contribution in [0.3, 0.4) is 0 Å². The summed E-state index contributed by atoms with van der Waals surface area (Å²) in [5.41, 5.74) is 1.86. The molecule has 1 amide bonds. The molecule has 3 rings (SSSR count). The standard InChI is InChI=1S/C22H23BrN2O3/c1-3-25(4-2)18-9-7-17(8-10-18)24-22(26)21-14-13-20(28-21)15-27-19-11-5-16(23)6-12-19/h5-14H,3-4,15H2,1-2H3,(H,24,26). The molecular weight excluding hydrogens is 420 g/mol. The molecule has 0 aliphatic heterocycles. The van der Waals surface area contributed by atoms with Crippen LogP contribution in [0, 0.1) is 0 Å². The summed E-state index contributed by atoms with van der Waals surface area (Å²) in [6.07, 6.45) is 0. The van der Waals surface area contributed by atoms with Crippen LogP contribution in [-0.4, -0.2) is 19.0 Å². The number of furan rings is 1. The number of nitrogens with zero attached hydrogens (tertiary/aromatic N) is 1. The van der Waals surface area contributed by atoms with Crippen LogP contribution in [0.15, 0.2) is 69.6 Å². The highest BCUT2D eigenvalue weighted by molar-refractivity contribution is 9.10. The molecule has 3 aromatic rings. The molecule has 1 heterocycles. The maximum Gasteiger partial charge on any atom is 0.291 e. The van der Waals surface area contributed by atoms with Crippen LogP contribution < -0.4 is 15.0 Å². The molecule has 5 nitrogen and oxygen atoms in total. The summed E-state index contributed by atoms with van der Waals surface area (Å²) in [5.74, 6) is 1.29. The molecule has 0 radical (unpaired) electrons. The van der Waals surface area contributed by atoms with E-state index in [0.29, 0.717) is 5.76 Å². The average molecular weight is 443 g/mol. The first-order valence-electron chi connectivity index (χ1n) is 9.22. The average Bonchev–Trinajstić information content (AvgIpc) is 3.19. The lowest BCUT2D eigenvalue weighted by molar-refractivity contribution is 0.0992. The molecular formula is C22H23BrN2O3. The number of halogens is 1. The van der Waals surface area contributed by atoms with Gasteiger partial charge >= 0.3 is 0 Å². The van der Waals surface area contributed by atoms with Gasteiger partial charge in [0.25, 0.3) is 5.91 Å². The van der Waals surface area contributed by atoms with Gasteiger partial charge in [0.15, 0.2) is 5.76 Å². The van der Waals surface area contributed by atoms with Crippen LogP contribution >= 0.6 is 15.9 Å². The van der Waals surface area contributed by atoms with Crippen molar-refractivity contribution in [3.63, 3.8) is 0 Å². The third-order valence-electron chi connectivity index (χ3n) is 4.33. The molecule has 2 aromatic carbocycles. The van der Waals surface area contributed by atoms with Crippen molar-refractivity contribution in [2.24, 2.45) is 0 Å². The van der Waals surface area contributed by atoms with E-state index < -0.39 is 0 Å². The van der Waals surface area contributed by atoms with Gasteiger partial charge in [-0.05, 0) is 74.5 Å². The van der Waals surface area contributed by atoms with E-state index in [1.54, 1.807) is 12.1 Å². The molecule has 1 aromatic heterocycles. The summed E-state index contributed by atoms with van der Waals surface area (Å²) in [6.45, 7) is 6.38. The van der Waals surface area contributed by atoms with Crippen molar-refractivity contribution in [3.8, 4) is 5.75 Å². The quantitative estimate of drug-likeness (QED) is 0.484. The van der Waals surface area contributed by atoms with E-state index in [0.717, 1.165) is 34.7 Å². The number of ether oxygens (including phenoxy) is 1. The Morgan fingerprint density at radius 1 is 1.00 bits per heavy atom. The summed E-state index contributed by atoms with van der Waals surface area (Å²) < 4.78 is 12.3. The fourth-order valence-electron chi connectivity index (χ4n) is 2.80. The van der Waals surface area contributed by atoms with E-state index in [9.17, 15) is 4.79 Å². The maximum atomic E-state index is 12.4.